The van der Waals surface area contributed by atoms with Gasteiger partial charge in [-0.15, -0.1) is 0 Å². The molecule has 31 heavy (non-hydrogen) atoms. The maximum absolute atomic E-state index is 12.7. The lowest BCUT2D eigenvalue weighted by Gasteiger charge is -2.13. The van der Waals surface area contributed by atoms with Crippen molar-refractivity contribution in [2.24, 2.45) is 0 Å². The second kappa shape index (κ2) is 10.5. The standard InChI is InChI=1S/C22H21NO7S/c1-2-28-18-12-15(8-9-17(18)30-14-20(24)25)13-19-21(26)23(22(27)31-19)10-11-29-16-6-4-3-5-7-16/h3-9,12-13H,2,10-11,14H2,1H3,(H,24,25)/b19-13-. The molecule has 0 aromatic heterocycles. The molecule has 0 unspecified atom stereocenters. The summed E-state index contributed by atoms with van der Waals surface area (Å²) in [5, 5.41) is 8.42. The fourth-order valence-electron chi connectivity index (χ4n) is 2.76. The van der Waals surface area contributed by atoms with Crippen molar-refractivity contribution in [1.29, 1.82) is 0 Å². The van der Waals surface area contributed by atoms with Crippen LogP contribution in [-0.4, -0.2) is 53.5 Å². The molecule has 162 valence electrons. The number of thioether (sulfide) groups is 1. The van der Waals surface area contributed by atoms with Crippen LogP contribution in [0, 0.1) is 0 Å². The van der Waals surface area contributed by atoms with Crippen LogP contribution >= 0.6 is 11.8 Å². The van der Waals surface area contributed by atoms with Gasteiger partial charge in [0.2, 0.25) is 0 Å². The highest BCUT2D eigenvalue weighted by molar-refractivity contribution is 8.18. The van der Waals surface area contributed by atoms with Gasteiger partial charge in [-0.2, -0.15) is 0 Å². The Morgan fingerprint density at radius 2 is 1.84 bits per heavy atom. The summed E-state index contributed by atoms with van der Waals surface area (Å²) in [5.41, 5.74) is 0.622. The average molecular weight is 443 g/mol. The van der Waals surface area contributed by atoms with Crippen molar-refractivity contribution in [3.63, 3.8) is 0 Å². The predicted molar refractivity (Wildman–Crippen MR) is 115 cm³/mol. The summed E-state index contributed by atoms with van der Waals surface area (Å²) in [5.74, 6) is -0.188. The van der Waals surface area contributed by atoms with Crippen LogP contribution in [0.25, 0.3) is 6.08 Å². The Kier molecular flexibility index (Phi) is 7.55. The molecule has 1 N–H and O–H groups in total. The number of carbonyl (C=O) groups excluding carboxylic acids is 2. The Hall–Kier alpha value is -3.46. The van der Waals surface area contributed by atoms with Gasteiger partial charge < -0.3 is 19.3 Å². The van der Waals surface area contributed by atoms with E-state index >= 15 is 0 Å². The Morgan fingerprint density at radius 1 is 1.06 bits per heavy atom. The van der Waals surface area contributed by atoms with Crippen molar-refractivity contribution in [2.45, 2.75) is 6.92 Å². The van der Waals surface area contributed by atoms with Crippen molar-refractivity contribution in [3.8, 4) is 17.2 Å². The first-order valence-corrected chi connectivity index (χ1v) is 10.3. The van der Waals surface area contributed by atoms with Gasteiger partial charge in [-0.3, -0.25) is 14.5 Å². The zero-order chi connectivity index (χ0) is 22.2. The number of benzene rings is 2. The molecule has 2 amide bonds. The maximum Gasteiger partial charge on any atom is 0.341 e. The van der Waals surface area contributed by atoms with Crippen LogP contribution < -0.4 is 14.2 Å². The molecule has 1 fully saturated rings. The van der Waals surface area contributed by atoms with Gasteiger partial charge in [0.15, 0.2) is 18.1 Å². The molecule has 0 spiro atoms. The second-order valence-corrected chi connectivity index (χ2v) is 7.31. The Bertz CT molecular complexity index is 991. The minimum atomic E-state index is -1.10. The summed E-state index contributed by atoms with van der Waals surface area (Å²) in [6.07, 6.45) is 1.59. The smallest absolute Gasteiger partial charge is 0.341 e. The molecule has 9 heteroatoms. The average Bonchev–Trinajstić information content (AvgIpc) is 3.01. The summed E-state index contributed by atoms with van der Waals surface area (Å²) in [7, 11) is 0. The normalized spacial score (nSPS) is 14.7. The van der Waals surface area contributed by atoms with Gasteiger partial charge in [0.1, 0.15) is 12.4 Å². The highest BCUT2D eigenvalue weighted by atomic mass is 32.2. The van der Waals surface area contributed by atoms with Crippen LogP contribution in [0.15, 0.2) is 53.4 Å². The highest BCUT2D eigenvalue weighted by Crippen LogP contribution is 2.34. The maximum atomic E-state index is 12.7. The number of carboxylic acids is 1. The molecular weight excluding hydrogens is 422 g/mol. The second-order valence-electron chi connectivity index (χ2n) is 6.32. The van der Waals surface area contributed by atoms with E-state index in [9.17, 15) is 14.4 Å². The van der Waals surface area contributed by atoms with E-state index in [1.165, 1.54) is 0 Å². The summed E-state index contributed by atoms with van der Waals surface area (Å²) in [6, 6.07) is 14.0. The van der Waals surface area contributed by atoms with Crippen LogP contribution in [0.5, 0.6) is 17.2 Å². The van der Waals surface area contributed by atoms with Crippen LogP contribution in [-0.2, 0) is 9.59 Å². The number of hydrogen-bond donors (Lipinski definition) is 1. The molecule has 0 aliphatic carbocycles. The molecule has 0 atom stereocenters. The summed E-state index contributed by atoms with van der Waals surface area (Å²) < 4.78 is 16.3. The highest BCUT2D eigenvalue weighted by Gasteiger charge is 2.34. The zero-order valence-corrected chi connectivity index (χ0v) is 17.6. The third-order valence-electron chi connectivity index (χ3n) is 4.12. The quantitative estimate of drug-likeness (QED) is 0.555. The van der Waals surface area contributed by atoms with Gasteiger partial charge in [0.25, 0.3) is 11.1 Å². The topological polar surface area (TPSA) is 102 Å². The lowest BCUT2D eigenvalue weighted by Crippen LogP contribution is -2.32. The van der Waals surface area contributed by atoms with Crippen LogP contribution in [0.2, 0.25) is 0 Å². The first kappa shape index (κ1) is 22.2. The van der Waals surface area contributed by atoms with Gasteiger partial charge in [-0.1, -0.05) is 24.3 Å². The Morgan fingerprint density at radius 3 is 2.55 bits per heavy atom. The summed E-state index contributed by atoms with van der Waals surface area (Å²) >= 11 is 0.854. The van der Waals surface area contributed by atoms with E-state index in [0.29, 0.717) is 23.7 Å². The number of imide groups is 1. The molecule has 2 aromatic carbocycles. The molecule has 2 aromatic rings. The summed E-state index contributed by atoms with van der Waals surface area (Å²) in [6.45, 7) is 1.98. The van der Waals surface area contributed by atoms with E-state index in [1.54, 1.807) is 43.3 Å². The van der Waals surface area contributed by atoms with Crippen molar-refractivity contribution in [2.75, 3.05) is 26.4 Å². The largest absolute Gasteiger partial charge is 0.492 e. The lowest BCUT2D eigenvalue weighted by molar-refractivity contribution is -0.139. The fraction of sp³-hybridized carbons (Fsp3) is 0.227. The molecule has 1 heterocycles. The van der Waals surface area contributed by atoms with E-state index in [2.05, 4.69) is 0 Å². The minimum absolute atomic E-state index is 0.142. The number of carboxylic acid groups (broad SMARTS) is 1. The van der Waals surface area contributed by atoms with Gasteiger partial charge in [-0.25, -0.2) is 4.79 Å². The van der Waals surface area contributed by atoms with Gasteiger partial charge >= 0.3 is 5.97 Å². The third kappa shape index (κ3) is 6.02. The Labute approximate surface area is 183 Å². The van der Waals surface area contributed by atoms with Crippen molar-refractivity contribution < 1.29 is 33.7 Å². The SMILES string of the molecule is CCOc1cc(/C=C2\SC(=O)N(CCOc3ccccc3)C2=O)ccc1OCC(=O)O. The Balaban J connectivity index is 1.68. The molecule has 1 aliphatic heterocycles. The van der Waals surface area contributed by atoms with E-state index < -0.39 is 18.5 Å². The number of carbonyl (C=O) groups is 3. The number of ether oxygens (including phenoxy) is 3. The molecule has 1 saturated heterocycles. The number of hydrogen-bond acceptors (Lipinski definition) is 7. The van der Waals surface area contributed by atoms with Crippen LogP contribution in [0.4, 0.5) is 4.79 Å². The van der Waals surface area contributed by atoms with E-state index in [-0.39, 0.29) is 29.0 Å². The molecule has 1 aliphatic rings. The molecule has 3 rings (SSSR count). The molecular formula is C22H21NO7S. The zero-order valence-electron chi connectivity index (χ0n) is 16.8. The third-order valence-corrected chi connectivity index (χ3v) is 5.02. The van der Waals surface area contributed by atoms with E-state index in [0.717, 1.165) is 16.7 Å². The van der Waals surface area contributed by atoms with E-state index in [1.807, 2.05) is 18.2 Å². The first-order chi connectivity index (χ1) is 15.0. The molecule has 0 radical (unpaired) electrons. The molecule has 8 nitrogen and oxygen atoms in total. The van der Waals surface area contributed by atoms with Gasteiger partial charge in [0, 0.05) is 0 Å². The number of amides is 2. The van der Waals surface area contributed by atoms with Crippen molar-refractivity contribution in [1.82, 2.24) is 4.90 Å². The number of nitrogens with zero attached hydrogens (tertiary/aromatic N) is 1. The van der Waals surface area contributed by atoms with Gasteiger partial charge in [0.05, 0.1) is 18.1 Å². The number of para-hydroxylation sites is 1. The monoisotopic (exact) mass is 443 g/mol. The van der Waals surface area contributed by atoms with Crippen LogP contribution in [0.3, 0.4) is 0 Å². The van der Waals surface area contributed by atoms with Crippen molar-refractivity contribution >= 4 is 35.0 Å². The van der Waals surface area contributed by atoms with E-state index in [4.69, 9.17) is 19.3 Å². The van der Waals surface area contributed by atoms with Crippen LogP contribution in [0.1, 0.15) is 12.5 Å². The number of rotatable bonds is 10. The minimum Gasteiger partial charge on any atom is -0.492 e. The number of aliphatic carboxylic acids is 1. The predicted octanol–water partition coefficient (Wildman–Crippen LogP) is 3.66. The lowest BCUT2D eigenvalue weighted by atomic mass is 10.2. The summed E-state index contributed by atoms with van der Waals surface area (Å²) in [4.78, 5) is 37.1. The van der Waals surface area contributed by atoms with Gasteiger partial charge in [-0.05, 0) is 54.6 Å². The fourth-order valence-corrected chi connectivity index (χ4v) is 3.62. The molecule has 0 saturated carbocycles. The van der Waals surface area contributed by atoms with Crippen molar-refractivity contribution in [3.05, 3.63) is 59.0 Å². The molecule has 0 bridgehead atoms. The first-order valence-electron chi connectivity index (χ1n) is 9.52.